The molecule has 1 N–H and O–H groups in total. The molecule has 1 spiro atoms. The number of amides is 4. The van der Waals surface area contributed by atoms with Crippen LogP contribution in [-0.4, -0.2) is 28.3 Å². The van der Waals surface area contributed by atoms with Crippen LogP contribution in [0.1, 0.15) is 39.5 Å². The SMILES string of the molecule is C#CC(C)(C)N1C(=O)NC(=O)C2(CCCC2)C1=O. The maximum atomic E-state index is 12.5. The minimum absolute atomic E-state index is 0.448. The van der Waals surface area contributed by atoms with Crippen LogP contribution in [0.3, 0.4) is 0 Å². The topological polar surface area (TPSA) is 66.5 Å². The smallest absolute Gasteiger partial charge is 0.277 e. The van der Waals surface area contributed by atoms with Gasteiger partial charge in [0.2, 0.25) is 11.8 Å². The van der Waals surface area contributed by atoms with E-state index >= 15 is 0 Å². The molecule has 1 aliphatic heterocycles. The third-order valence-corrected chi connectivity index (χ3v) is 3.84. The summed E-state index contributed by atoms with van der Waals surface area (Å²) in [6, 6.07) is -0.717. The summed E-state index contributed by atoms with van der Waals surface area (Å²) in [5, 5.41) is 2.26. The quantitative estimate of drug-likeness (QED) is 0.557. The molecule has 2 fully saturated rings. The van der Waals surface area contributed by atoms with Crippen molar-refractivity contribution in [3.05, 3.63) is 0 Å². The Balaban J connectivity index is 2.44. The average molecular weight is 248 g/mol. The highest BCUT2D eigenvalue weighted by Gasteiger charge is 2.57. The summed E-state index contributed by atoms with van der Waals surface area (Å²) in [5.74, 6) is 1.51. The van der Waals surface area contributed by atoms with E-state index in [0.29, 0.717) is 12.8 Å². The first-order chi connectivity index (χ1) is 8.35. The van der Waals surface area contributed by atoms with Crippen LogP contribution in [-0.2, 0) is 9.59 Å². The molecule has 0 unspecified atom stereocenters. The van der Waals surface area contributed by atoms with Gasteiger partial charge < -0.3 is 0 Å². The Labute approximate surface area is 106 Å². The average Bonchev–Trinajstić information content (AvgIpc) is 2.77. The lowest BCUT2D eigenvalue weighted by molar-refractivity contribution is -0.153. The van der Waals surface area contributed by atoms with Gasteiger partial charge in [-0.05, 0) is 26.7 Å². The summed E-state index contributed by atoms with van der Waals surface area (Å²) in [5.41, 5.74) is -2.11. The maximum absolute atomic E-state index is 12.5. The van der Waals surface area contributed by atoms with Crippen molar-refractivity contribution in [1.29, 1.82) is 0 Å². The molecule has 5 nitrogen and oxygen atoms in total. The van der Waals surface area contributed by atoms with Crippen molar-refractivity contribution in [3.8, 4) is 12.3 Å². The van der Waals surface area contributed by atoms with Crippen LogP contribution in [0.15, 0.2) is 0 Å². The first kappa shape index (κ1) is 12.6. The Hall–Kier alpha value is -1.83. The van der Waals surface area contributed by atoms with Gasteiger partial charge in [0.15, 0.2) is 0 Å². The molecular formula is C13H16N2O3. The van der Waals surface area contributed by atoms with Gasteiger partial charge in [-0.15, -0.1) is 6.42 Å². The molecule has 2 aliphatic rings. The van der Waals surface area contributed by atoms with Gasteiger partial charge in [0.05, 0.1) is 0 Å². The predicted octanol–water partition coefficient (Wildman–Crippen LogP) is 1.04. The molecule has 0 aromatic heterocycles. The van der Waals surface area contributed by atoms with E-state index in [1.807, 2.05) is 0 Å². The minimum Gasteiger partial charge on any atom is -0.277 e. The van der Waals surface area contributed by atoms with E-state index < -0.39 is 28.8 Å². The highest BCUT2D eigenvalue weighted by molar-refractivity contribution is 6.19. The summed E-state index contributed by atoms with van der Waals surface area (Å²) in [6.07, 6.45) is 7.99. The number of rotatable bonds is 1. The van der Waals surface area contributed by atoms with Gasteiger partial charge >= 0.3 is 6.03 Å². The second-order valence-electron chi connectivity index (χ2n) is 5.39. The van der Waals surface area contributed by atoms with Gasteiger partial charge in [0.1, 0.15) is 11.0 Å². The fourth-order valence-electron chi connectivity index (χ4n) is 2.67. The van der Waals surface area contributed by atoms with E-state index in [-0.39, 0.29) is 0 Å². The molecule has 2 rings (SSSR count). The van der Waals surface area contributed by atoms with E-state index in [2.05, 4.69) is 11.2 Å². The van der Waals surface area contributed by atoms with Gasteiger partial charge in [-0.1, -0.05) is 18.8 Å². The molecule has 0 aromatic rings. The molecule has 0 bridgehead atoms. The van der Waals surface area contributed by atoms with E-state index in [1.165, 1.54) is 0 Å². The number of carbonyl (C=O) groups excluding carboxylic acids is 3. The van der Waals surface area contributed by atoms with Crippen LogP contribution in [0.5, 0.6) is 0 Å². The largest absolute Gasteiger partial charge is 0.332 e. The lowest BCUT2D eigenvalue weighted by atomic mass is 9.80. The summed E-state index contributed by atoms with van der Waals surface area (Å²) < 4.78 is 0. The van der Waals surface area contributed by atoms with Gasteiger partial charge in [-0.3, -0.25) is 14.9 Å². The van der Waals surface area contributed by atoms with Gasteiger partial charge in [0.25, 0.3) is 0 Å². The number of nitrogens with one attached hydrogen (secondary N) is 1. The Morgan fingerprint density at radius 3 is 2.33 bits per heavy atom. The van der Waals surface area contributed by atoms with Gasteiger partial charge in [-0.2, -0.15) is 0 Å². The number of hydrogen-bond donors (Lipinski definition) is 1. The first-order valence-corrected chi connectivity index (χ1v) is 6.03. The van der Waals surface area contributed by atoms with Crippen LogP contribution in [0.25, 0.3) is 0 Å². The molecule has 0 radical (unpaired) electrons. The second-order valence-corrected chi connectivity index (χ2v) is 5.39. The molecule has 4 amide bonds. The molecule has 1 aliphatic carbocycles. The van der Waals surface area contributed by atoms with E-state index in [1.54, 1.807) is 13.8 Å². The zero-order valence-electron chi connectivity index (χ0n) is 10.6. The predicted molar refractivity (Wildman–Crippen MR) is 64.2 cm³/mol. The van der Waals surface area contributed by atoms with Crippen molar-refractivity contribution in [2.75, 3.05) is 0 Å². The highest BCUT2D eigenvalue weighted by atomic mass is 16.2. The van der Waals surface area contributed by atoms with Crippen molar-refractivity contribution in [2.45, 2.75) is 45.1 Å². The Morgan fingerprint density at radius 2 is 1.83 bits per heavy atom. The third kappa shape index (κ3) is 1.52. The highest BCUT2D eigenvalue weighted by Crippen LogP contribution is 2.43. The molecule has 1 heterocycles. The van der Waals surface area contributed by atoms with Crippen LogP contribution in [0.2, 0.25) is 0 Å². The fraction of sp³-hybridized carbons (Fsp3) is 0.615. The molecule has 0 aromatic carbocycles. The van der Waals surface area contributed by atoms with Gasteiger partial charge in [0, 0.05) is 0 Å². The molecule has 18 heavy (non-hydrogen) atoms. The standard InChI is InChI=1S/C13H16N2O3/c1-4-12(2,3)15-10(17)13(7-5-6-8-13)9(16)14-11(15)18/h1H,5-8H2,2-3H3,(H,14,16,18). The van der Waals surface area contributed by atoms with Crippen LogP contribution < -0.4 is 5.32 Å². The third-order valence-electron chi connectivity index (χ3n) is 3.84. The lowest BCUT2D eigenvalue weighted by Gasteiger charge is -2.42. The Morgan fingerprint density at radius 1 is 1.28 bits per heavy atom. The summed E-state index contributed by atoms with van der Waals surface area (Å²) in [7, 11) is 0. The van der Waals surface area contributed by atoms with Crippen molar-refractivity contribution in [1.82, 2.24) is 10.2 Å². The zero-order valence-corrected chi connectivity index (χ0v) is 10.6. The van der Waals surface area contributed by atoms with Crippen LogP contribution in [0.4, 0.5) is 4.79 Å². The van der Waals surface area contributed by atoms with Crippen molar-refractivity contribution in [3.63, 3.8) is 0 Å². The normalized spacial score (nSPS) is 23.2. The number of imide groups is 2. The number of barbiturate groups is 1. The van der Waals surface area contributed by atoms with Crippen LogP contribution >= 0.6 is 0 Å². The molecular weight excluding hydrogens is 232 g/mol. The zero-order chi connectivity index (χ0) is 13.6. The summed E-state index contributed by atoms with van der Waals surface area (Å²) in [6.45, 7) is 3.23. The summed E-state index contributed by atoms with van der Waals surface area (Å²) in [4.78, 5) is 37.3. The minimum atomic E-state index is -1.08. The van der Waals surface area contributed by atoms with E-state index in [9.17, 15) is 14.4 Å². The number of terminal acetylenes is 1. The fourth-order valence-corrected chi connectivity index (χ4v) is 2.67. The molecule has 5 heteroatoms. The maximum Gasteiger partial charge on any atom is 0.332 e. The molecule has 1 saturated heterocycles. The van der Waals surface area contributed by atoms with E-state index in [4.69, 9.17) is 6.42 Å². The number of nitrogens with zero attached hydrogens (tertiary/aromatic N) is 1. The molecule has 1 saturated carbocycles. The van der Waals surface area contributed by atoms with Crippen molar-refractivity contribution >= 4 is 17.8 Å². The van der Waals surface area contributed by atoms with Crippen molar-refractivity contribution in [2.24, 2.45) is 5.41 Å². The number of hydrogen-bond acceptors (Lipinski definition) is 3. The lowest BCUT2D eigenvalue weighted by Crippen LogP contribution is -2.67. The number of carbonyl (C=O) groups is 3. The van der Waals surface area contributed by atoms with Crippen molar-refractivity contribution < 1.29 is 14.4 Å². The number of urea groups is 1. The monoisotopic (exact) mass is 248 g/mol. The Kier molecular flexibility index (Phi) is 2.69. The molecule has 96 valence electrons. The first-order valence-electron chi connectivity index (χ1n) is 6.03. The Bertz CT molecular complexity index is 467. The van der Waals surface area contributed by atoms with E-state index in [0.717, 1.165) is 17.7 Å². The summed E-state index contributed by atoms with van der Waals surface area (Å²) >= 11 is 0. The van der Waals surface area contributed by atoms with Gasteiger partial charge in [-0.25, -0.2) is 9.69 Å². The van der Waals surface area contributed by atoms with Crippen LogP contribution in [0, 0.1) is 17.8 Å². The second kappa shape index (κ2) is 3.84. The molecule has 0 atom stereocenters.